The van der Waals surface area contributed by atoms with Crippen LogP contribution in [0.3, 0.4) is 0 Å². The van der Waals surface area contributed by atoms with Gasteiger partial charge in [0.15, 0.2) is 5.78 Å². The average Bonchev–Trinajstić information content (AvgIpc) is 3.54. The zero-order valence-electron chi connectivity index (χ0n) is 22.9. The highest BCUT2D eigenvalue weighted by molar-refractivity contribution is 7.89. The van der Waals surface area contributed by atoms with Gasteiger partial charge in [-0.2, -0.15) is 4.31 Å². The molecule has 10 nitrogen and oxygen atoms in total. The summed E-state index contributed by atoms with van der Waals surface area (Å²) in [7, 11) is -3.89. The minimum atomic E-state index is -3.89. The van der Waals surface area contributed by atoms with Gasteiger partial charge in [-0.25, -0.2) is 8.42 Å². The van der Waals surface area contributed by atoms with Crippen LogP contribution in [0.15, 0.2) is 59.5 Å². The van der Waals surface area contributed by atoms with Gasteiger partial charge in [0.1, 0.15) is 12.1 Å². The fourth-order valence-electron chi connectivity index (χ4n) is 5.85. The highest BCUT2D eigenvalue weighted by atomic mass is 32.2. The fourth-order valence-corrected chi connectivity index (χ4v) is 7.49. The number of nitrogens with zero attached hydrogens (tertiary/aromatic N) is 3. The van der Waals surface area contributed by atoms with Gasteiger partial charge < -0.3 is 19.9 Å². The van der Waals surface area contributed by atoms with Crippen LogP contribution in [0.1, 0.15) is 37.0 Å². The van der Waals surface area contributed by atoms with E-state index in [4.69, 9.17) is 4.74 Å². The molecule has 0 saturated carbocycles. The summed E-state index contributed by atoms with van der Waals surface area (Å²) in [6.07, 6.45) is 0.754. The third-order valence-electron chi connectivity index (χ3n) is 7.83. The van der Waals surface area contributed by atoms with Gasteiger partial charge in [-0.15, -0.1) is 0 Å². The van der Waals surface area contributed by atoms with Gasteiger partial charge >= 0.3 is 0 Å². The Morgan fingerprint density at radius 2 is 1.68 bits per heavy atom. The van der Waals surface area contributed by atoms with Gasteiger partial charge in [0.25, 0.3) is 5.91 Å². The van der Waals surface area contributed by atoms with E-state index in [-0.39, 0.29) is 41.5 Å². The summed E-state index contributed by atoms with van der Waals surface area (Å²) in [5, 5.41) is 2.90. The first-order valence-electron chi connectivity index (χ1n) is 13.8. The van der Waals surface area contributed by atoms with Crippen molar-refractivity contribution in [3.63, 3.8) is 0 Å². The van der Waals surface area contributed by atoms with Gasteiger partial charge in [-0.05, 0) is 55.2 Å². The number of nitrogens with one attached hydrogen (secondary N) is 1. The molecule has 1 N–H and O–H groups in total. The molecule has 11 heteroatoms. The van der Waals surface area contributed by atoms with Crippen LogP contribution in [0.5, 0.6) is 0 Å². The van der Waals surface area contributed by atoms with Crippen molar-refractivity contribution in [1.29, 1.82) is 0 Å². The lowest BCUT2D eigenvalue weighted by atomic mass is 10.0. The molecule has 0 radical (unpaired) electrons. The molecule has 3 atom stereocenters. The SMILES string of the molecule is CC(C)C[C@H](NC(=O)c1ccc(N2CCOCC2)cc1)C(=O)N1CCC2C1C(=O)CN2S(=O)(=O)c1ccccc1. The zero-order valence-corrected chi connectivity index (χ0v) is 23.7. The summed E-state index contributed by atoms with van der Waals surface area (Å²) in [6, 6.07) is 13.0. The monoisotopic (exact) mass is 568 g/mol. The van der Waals surface area contributed by atoms with E-state index in [0.717, 1.165) is 18.8 Å². The molecule has 2 amide bonds. The fraction of sp³-hybridized carbons (Fsp3) is 0.483. The second-order valence-corrected chi connectivity index (χ2v) is 12.9. The van der Waals surface area contributed by atoms with Gasteiger partial charge in [-0.3, -0.25) is 14.4 Å². The number of likely N-dealkylation sites (tertiary alicyclic amines) is 1. The average molecular weight is 569 g/mol. The Hall–Kier alpha value is -3.28. The van der Waals surface area contributed by atoms with Crippen LogP contribution in [0.25, 0.3) is 0 Å². The predicted octanol–water partition coefficient (Wildman–Crippen LogP) is 1.91. The molecule has 0 spiro atoms. The Morgan fingerprint density at radius 1 is 1.00 bits per heavy atom. The number of carbonyl (C=O) groups is 3. The van der Waals surface area contributed by atoms with E-state index in [1.165, 1.54) is 21.3 Å². The smallest absolute Gasteiger partial charge is 0.251 e. The number of sulfonamides is 1. The second kappa shape index (κ2) is 11.7. The summed E-state index contributed by atoms with van der Waals surface area (Å²) in [5.41, 5.74) is 1.45. The molecule has 3 fully saturated rings. The number of benzene rings is 2. The molecular formula is C29H36N4O6S. The predicted molar refractivity (Wildman–Crippen MR) is 149 cm³/mol. The van der Waals surface area contributed by atoms with Crippen LogP contribution in [0.4, 0.5) is 5.69 Å². The van der Waals surface area contributed by atoms with E-state index < -0.39 is 28.1 Å². The maximum Gasteiger partial charge on any atom is 0.251 e. The highest BCUT2D eigenvalue weighted by Crippen LogP contribution is 2.34. The standard InChI is InChI=1S/C29H36N4O6S/c1-20(2)18-24(30-28(35)21-8-10-22(11-9-21)31-14-16-39-17-15-31)29(36)32-13-12-25-27(32)26(34)19-33(25)40(37,38)23-6-4-3-5-7-23/h3-11,20,24-25,27H,12-19H2,1-2H3,(H,30,35)/t24-,25?,27?/m0/s1. The summed E-state index contributed by atoms with van der Waals surface area (Å²) < 4.78 is 33.3. The normalized spacial score (nSPS) is 22.4. The van der Waals surface area contributed by atoms with E-state index in [9.17, 15) is 22.8 Å². The van der Waals surface area contributed by atoms with Crippen molar-refractivity contribution in [2.45, 2.75) is 49.7 Å². The van der Waals surface area contributed by atoms with Crippen molar-refractivity contribution in [1.82, 2.24) is 14.5 Å². The maximum atomic E-state index is 13.8. The first-order chi connectivity index (χ1) is 19.2. The van der Waals surface area contributed by atoms with Crippen molar-refractivity contribution >= 4 is 33.3 Å². The van der Waals surface area contributed by atoms with Crippen molar-refractivity contribution in [3.05, 3.63) is 60.2 Å². The number of fused-ring (bicyclic) bond motifs is 1. The first kappa shape index (κ1) is 28.3. The molecule has 0 aliphatic carbocycles. The van der Waals surface area contributed by atoms with E-state index in [1.54, 1.807) is 30.3 Å². The molecule has 2 aromatic carbocycles. The Balaban J connectivity index is 1.30. The number of morpholine rings is 1. The van der Waals surface area contributed by atoms with Gasteiger partial charge in [0.2, 0.25) is 15.9 Å². The number of ether oxygens (including phenoxy) is 1. The maximum absolute atomic E-state index is 13.8. The largest absolute Gasteiger partial charge is 0.378 e. The zero-order chi connectivity index (χ0) is 28.4. The number of rotatable bonds is 8. The van der Waals surface area contributed by atoms with E-state index in [1.807, 2.05) is 26.0 Å². The molecular weight excluding hydrogens is 532 g/mol. The van der Waals surface area contributed by atoms with Crippen molar-refractivity contribution in [2.24, 2.45) is 5.92 Å². The van der Waals surface area contributed by atoms with Crippen LogP contribution in [0, 0.1) is 5.92 Å². The molecule has 3 saturated heterocycles. The molecule has 3 aliphatic heterocycles. The van der Waals surface area contributed by atoms with Crippen LogP contribution in [-0.2, 0) is 24.3 Å². The lowest BCUT2D eigenvalue weighted by Gasteiger charge is -2.29. The van der Waals surface area contributed by atoms with Gasteiger partial charge in [0.05, 0.1) is 30.7 Å². The molecule has 2 unspecified atom stereocenters. The van der Waals surface area contributed by atoms with Gasteiger partial charge in [0, 0.05) is 30.9 Å². The Kier molecular flexibility index (Phi) is 8.25. The van der Waals surface area contributed by atoms with Gasteiger partial charge in [-0.1, -0.05) is 32.0 Å². The summed E-state index contributed by atoms with van der Waals surface area (Å²) in [5.74, 6) is -0.921. The molecule has 214 valence electrons. The minimum Gasteiger partial charge on any atom is -0.378 e. The van der Waals surface area contributed by atoms with Crippen LogP contribution >= 0.6 is 0 Å². The molecule has 3 aliphatic rings. The molecule has 5 rings (SSSR count). The highest BCUT2D eigenvalue weighted by Gasteiger charge is 2.54. The number of hydrogen-bond donors (Lipinski definition) is 1. The van der Waals surface area contributed by atoms with E-state index >= 15 is 0 Å². The van der Waals surface area contributed by atoms with E-state index in [0.29, 0.717) is 31.6 Å². The second-order valence-electron chi connectivity index (χ2n) is 11.0. The topological polar surface area (TPSA) is 116 Å². The Labute approximate surface area is 235 Å². The number of ketones is 1. The van der Waals surface area contributed by atoms with E-state index in [2.05, 4.69) is 10.2 Å². The summed E-state index contributed by atoms with van der Waals surface area (Å²) in [4.78, 5) is 43.9. The number of Topliss-reactive ketones (excluding diaryl/α,β-unsaturated/α-hetero) is 1. The quantitative estimate of drug-likeness (QED) is 0.517. The van der Waals surface area contributed by atoms with Crippen molar-refractivity contribution in [3.8, 4) is 0 Å². The number of hydrogen-bond acceptors (Lipinski definition) is 7. The molecule has 2 aromatic rings. The lowest BCUT2D eigenvalue weighted by Crippen LogP contribution is -2.53. The minimum absolute atomic E-state index is 0.102. The number of amides is 2. The van der Waals surface area contributed by atoms with Crippen LogP contribution < -0.4 is 10.2 Å². The third kappa shape index (κ3) is 5.63. The first-order valence-corrected chi connectivity index (χ1v) is 15.2. The Bertz CT molecular complexity index is 1340. The molecule has 0 aromatic heterocycles. The number of carbonyl (C=O) groups excluding carboxylic acids is 3. The Morgan fingerprint density at radius 3 is 2.33 bits per heavy atom. The van der Waals surface area contributed by atoms with Crippen molar-refractivity contribution in [2.75, 3.05) is 44.3 Å². The summed E-state index contributed by atoms with van der Waals surface area (Å²) >= 11 is 0. The van der Waals surface area contributed by atoms with Crippen molar-refractivity contribution < 1.29 is 27.5 Å². The molecule has 40 heavy (non-hydrogen) atoms. The molecule has 0 bridgehead atoms. The number of anilines is 1. The molecule has 3 heterocycles. The summed E-state index contributed by atoms with van der Waals surface area (Å²) in [6.45, 7) is 6.81. The lowest BCUT2D eigenvalue weighted by molar-refractivity contribution is -0.138. The third-order valence-corrected chi connectivity index (χ3v) is 9.71. The van der Waals surface area contributed by atoms with Crippen LogP contribution in [0.2, 0.25) is 0 Å². The van der Waals surface area contributed by atoms with Crippen LogP contribution in [-0.4, -0.2) is 92.7 Å².